The fourth-order valence-electron chi connectivity index (χ4n) is 1.94. The Morgan fingerprint density at radius 2 is 1.95 bits per heavy atom. The number of halogens is 2. The van der Waals surface area contributed by atoms with Crippen LogP contribution in [0.2, 0.25) is 0 Å². The van der Waals surface area contributed by atoms with Crippen molar-refractivity contribution in [3.63, 3.8) is 0 Å². The molecule has 0 aliphatic rings. The molecule has 100 valence electrons. The van der Waals surface area contributed by atoms with E-state index in [0.29, 0.717) is 4.47 Å². The summed E-state index contributed by atoms with van der Waals surface area (Å²) in [4.78, 5) is 0. The van der Waals surface area contributed by atoms with Crippen LogP contribution in [0.1, 0.15) is 24.1 Å². The highest BCUT2D eigenvalue weighted by Gasteiger charge is 2.12. The first kappa shape index (κ1) is 13.9. The number of hydrogen-bond acceptors (Lipinski definition) is 2. The zero-order chi connectivity index (χ0) is 14.0. The topological polar surface area (TPSA) is 32.3 Å². The van der Waals surface area contributed by atoms with Crippen molar-refractivity contribution in [3.05, 3.63) is 57.8 Å². The second-order valence-corrected chi connectivity index (χ2v) is 5.41. The number of benzene rings is 2. The maximum absolute atomic E-state index is 13.0. The SMILES string of the molecule is Cc1ccc(O)c(C(C)Nc2ccc(F)cc2Br)c1. The van der Waals surface area contributed by atoms with Gasteiger partial charge in [0.1, 0.15) is 11.6 Å². The molecule has 0 fully saturated rings. The second kappa shape index (κ2) is 5.61. The maximum Gasteiger partial charge on any atom is 0.124 e. The highest BCUT2D eigenvalue weighted by atomic mass is 79.9. The molecule has 2 aromatic rings. The smallest absolute Gasteiger partial charge is 0.124 e. The zero-order valence-electron chi connectivity index (χ0n) is 10.7. The van der Waals surface area contributed by atoms with Crippen LogP contribution in [0, 0.1) is 12.7 Å². The molecule has 0 aliphatic carbocycles. The van der Waals surface area contributed by atoms with Crippen LogP contribution in [-0.4, -0.2) is 5.11 Å². The van der Waals surface area contributed by atoms with E-state index < -0.39 is 0 Å². The number of anilines is 1. The Kier molecular flexibility index (Phi) is 4.10. The number of phenols is 1. The Labute approximate surface area is 120 Å². The standard InChI is InChI=1S/C15H15BrFNO/c1-9-3-6-15(19)12(7-9)10(2)18-14-5-4-11(17)8-13(14)16/h3-8,10,18-19H,1-2H3. The largest absolute Gasteiger partial charge is 0.508 e. The van der Waals surface area contributed by atoms with E-state index >= 15 is 0 Å². The van der Waals surface area contributed by atoms with Gasteiger partial charge in [-0.1, -0.05) is 17.7 Å². The quantitative estimate of drug-likeness (QED) is 0.852. The first-order valence-electron chi connectivity index (χ1n) is 5.98. The molecule has 4 heteroatoms. The number of aryl methyl sites for hydroxylation is 1. The summed E-state index contributed by atoms with van der Waals surface area (Å²) in [5, 5.41) is 13.1. The van der Waals surface area contributed by atoms with E-state index in [4.69, 9.17) is 0 Å². The number of phenolic OH excluding ortho intramolecular Hbond substituents is 1. The minimum absolute atomic E-state index is 0.0818. The van der Waals surface area contributed by atoms with E-state index in [0.717, 1.165) is 16.8 Å². The van der Waals surface area contributed by atoms with Crippen LogP contribution < -0.4 is 5.32 Å². The molecule has 0 aliphatic heterocycles. The maximum atomic E-state index is 13.0. The van der Waals surface area contributed by atoms with Gasteiger partial charge >= 0.3 is 0 Å². The van der Waals surface area contributed by atoms with Crippen LogP contribution in [0.25, 0.3) is 0 Å². The predicted molar refractivity (Wildman–Crippen MR) is 79.0 cm³/mol. The molecule has 0 amide bonds. The fourth-order valence-corrected chi connectivity index (χ4v) is 2.40. The number of nitrogens with one attached hydrogen (secondary N) is 1. The highest BCUT2D eigenvalue weighted by molar-refractivity contribution is 9.10. The van der Waals surface area contributed by atoms with E-state index in [-0.39, 0.29) is 17.6 Å². The highest BCUT2D eigenvalue weighted by Crippen LogP contribution is 2.31. The van der Waals surface area contributed by atoms with Crippen molar-refractivity contribution < 1.29 is 9.50 Å². The molecule has 0 aromatic heterocycles. The average molecular weight is 324 g/mol. The number of hydrogen-bond donors (Lipinski definition) is 2. The third-order valence-electron chi connectivity index (χ3n) is 2.95. The van der Waals surface area contributed by atoms with Gasteiger partial charge in [0.15, 0.2) is 0 Å². The van der Waals surface area contributed by atoms with E-state index in [1.807, 2.05) is 26.0 Å². The molecule has 1 unspecified atom stereocenters. The lowest BCUT2D eigenvalue weighted by Crippen LogP contribution is -2.07. The Morgan fingerprint density at radius 3 is 2.63 bits per heavy atom. The molecule has 0 saturated heterocycles. The average Bonchev–Trinajstić information content (AvgIpc) is 2.35. The molecule has 0 bridgehead atoms. The van der Waals surface area contributed by atoms with Gasteiger partial charge in [-0.3, -0.25) is 0 Å². The van der Waals surface area contributed by atoms with Crippen molar-refractivity contribution in [2.24, 2.45) is 0 Å². The van der Waals surface area contributed by atoms with Gasteiger partial charge in [-0.25, -0.2) is 4.39 Å². The molecule has 1 atom stereocenters. The third kappa shape index (κ3) is 3.26. The summed E-state index contributed by atoms with van der Waals surface area (Å²) in [6.07, 6.45) is 0. The normalized spacial score (nSPS) is 12.2. The molecular formula is C15H15BrFNO. The summed E-state index contributed by atoms with van der Waals surface area (Å²) in [7, 11) is 0. The van der Waals surface area contributed by atoms with Crippen LogP contribution >= 0.6 is 15.9 Å². The molecule has 0 saturated carbocycles. The van der Waals surface area contributed by atoms with E-state index in [9.17, 15) is 9.50 Å². The van der Waals surface area contributed by atoms with Gasteiger partial charge in [0, 0.05) is 15.7 Å². The lowest BCUT2D eigenvalue weighted by atomic mass is 10.0. The summed E-state index contributed by atoms with van der Waals surface area (Å²) in [6, 6.07) is 9.87. The first-order valence-corrected chi connectivity index (χ1v) is 6.78. The van der Waals surface area contributed by atoms with Crippen LogP contribution in [0.3, 0.4) is 0 Å². The minimum atomic E-state index is -0.288. The van der Waals surface area contributed by atoms with Crippen LogP contribution in [-0.2, 0) is 0 Å². The molecule has 0 heterocycles. The van der Waals surface area contributed by atoms with Crippen molar-refractivity contribution >= 4 is 21.6 Å². The third-order valence-corrected chi connectivity index (χ3v) is 3.61. The fraction of sp³-hybridized carbons (Fsp3) is 0.200. The molecule has 0 radical (unpaired) electrons. The van der Waals surface area contributed by atoms with E-state index in [2.05, 4.69) is 21.2 Å². The van der Waals surface area contributed by atoms with Gasteiger partial charge in [0.25, 0.3) is 0 Å². The zero-order valence-corrected chi connectivity index (χ0v) is 12.3. The summed E-state index contributed by atoms with van der Waals surface area (Å²) >= 11 is 3.32. The summed E-state index contributed by atoms with van der Waals surface area (Å²) in [6.45, 7) is 3.92. The van der Waals surface area contributed by atoms with Crippen LogP contribution in [0.5, 0.6) is 5.75 Å². The molecule has 19 heavy (non-hydrogen) atoms. The Morgan fingerprint density at radius 1 is 1.21 bits per heavy atom. The van der Waals surface area contributed by atoms with E-state index in [1.165, 1.54) is 12.1 Å². The number of rotatable bonds is 3. The lowest BCUT2D eigenvalue weighted by molar-refractivity contribution is 0.465. The van der Waals surface area contributed by atoms with Gasteiger partial charge in [0.2, 0.25) is 0 Å². The minimum Gasteiger partial charge on any atom is -0.508 e. The molecule has 2 aromatic carbocycles. The lowest BCUT2D eigenvalue weighted by Gasteiger charge is -2.18. The van der Waals surface area contributed by atoms with E-state index in [1.54, 1.807) is 12.1 Å². The second-order valence-electron chi connectivity index (χ2n) is 4.55. The Hall–Kier alpha value is -1.55. The van der Waals surface area contributed by atoms with Gasteiger partial charge in [-0.15, -0.1) is 0 Å². The number of aromatic hydroxyl groups is 1. The van der Waals surface area contributed by atoms with Crippen molar-refractivity contribution in [1.29, 1.82) is 0 Å². The van der Waals surface area contributed by atoms with Crippen molar-refractivity contribution in [2.45, 2.75) is 19.9 Å². The summed E-state index contributed by atoms with van der Waals surface area (Å²) in [5.41, 5.74) is 2.69. The van der Waals surface area contributed by atoms with Gasteiger partial charge in [-0.05, 0) is 54.0 Å². The van der Waals surface area contributed by atoms with Crippen molar-refractivity contribution in [1.82, 2.24) is 0 Å². The predicted octanol–water partition coefficient (Wildman–Crippen LogP) is 4.78. The first-order chi connectivity index (χ1) is 8.97. The Balaban J connectivity index is 2.25. The molecule has 2 nitrogen and oxygen atoms in total. The summed E-state index contributed by atoms with van der Waals surface area (Å²) in [5.74, 6) is -0.0349. The van der Waals surface area contributed by atoms with Gasteiger partial charge in [0.05, 0.1) is 6.04 Å². The monoisotopic (exact) mass is 323 g/mol. The Bertz CT molecular complexity index is 601. The van der Waals surface area contributed by atoms with Gasteiger partial charge < -0.3 is 10.4 Å². The van der Waals surface area contributed by atoms with Crippen molar-refractivity contribution in [2.75, 3.05) is 5.32 Å². The molecule has 2 rings (SSSR count). The molecule has 2 N–H and O–H groups in total. The van der Waals surface area contributed by atoms with Crippen LogP contribution in [0.4, 0.5) is 10.1 Å². The summed E-state index contributed by atoms with van der Waals surface area (Å²) < 4.78 is 13.7. The molecular weight excluding hydrogens is 309 g/mol. The van der Waals surface area contributed by atoms with Crippen molar-refractivity contribution in [3.8, 4) is 5.75 Å². The molecule has 0 spiro atoms. The van der Waals surface area contributed by atoms with Gasteiger partial charge in [-0.2, -0.15) is 0 Å². The van der Waals surface area contributed by atoms with Crippen LogP contribution in [0.15, 0.2) is 40.9 Å².